The first-order valence-electron chi connectivity index (χ1n) is 4.59. The highest BCUT2D eigenvalue weighted by molar-refractivity contribution is 9.10. The van der Waals surface area contributed by atoms with Gasteiger partial charge in [-0.25, -0.2) is 4.98 Å². The van der Waals surface area contributed by atoms with E-state index in [1.165, 1.54) is 0 Å². The van der Waals surface area contributed by atoms with Crippen LogP contribution in [0, 0.1) is 0 Å². The van der Waals surface area contributed by atoms with Gasteiger partial charge < -0.3 is 11.1 Å². The van der Waals surface area contributed by atoms with Gasteiger partial charge in [0.2, 0.25) is 0 Å². The Balaban J connectivity index is 2.23. The van der Waals surface area contributed by atoms with Crippen molar-refractivity contribution < 1.29 is 0 Å². The van der Waals surface area contributed by atoms with Crippen LogP contribution in [0.15, 0.2) is 45.5 Å². The zero-order valence-corrected chi connectivity index (χ0v) is 11.4. The minimum absolute atomic E-state index is 0.609. The predicted octanol–water partition coefficient (Wildman–Crippen LogP) is 3.93. The van der Waals surface area contributed by atoms with Crippen molar-refractivity contribution in [3.8, 4) is 0 Å². The Bertz CT molecular complexity index is 497. The largest absolute Gasteiger partial charge is 0.396 e. The van der Waals surface area contributed by atoms with Crippen molar-refractivity contribution >= 4 is 49.1 Å². The van der Waals surface area contributed by atoms with Gasteiger partial charge >= 0.3 is 0 Å². The van der Waals surface area contributed by atoms with Crippen molar-refractivity contribution in [2.75, 3.05) is 11.1 Å². The van der Waals surface area contributed by atoms with Gasteiger partial charge in [-0.05, 0) is 46.3 Å². The summed E-state index contributed by atoms with van der Waals surface area (Å²) >= 11 is 6.70. The molecule has 3 nitrogen and oxygen atoms in total. The molecule has 3 N–H and O–H groups in total. The lowest BCUT2D eigenvalue weighted by Crippen LogP contribution is -1.98. The monoisotopic (exact) mass is 341 g/mol. The molecular formula is C11H9Br2N3. The third kappa shape index (κ3) is 2.74. The molecule has 0 aliphatic carbocycles. The second-order valence-corrected chi connectivity index (χ2v) is 5.05. The van der Waals surface area contributed by atoms with E-state index < -0.39 is 0 Å². The van der Waals surface area contributed by atoms with Crippen molar-refractivity contribution in [1.82, 2.24) is 4.98 Å². The zero-order valence-electron chi connectivity index (χ0n) is 8.24. The molecule has 0 unspecified atom stereocenters. The summed E-state index contributed by atoms with van der Waals surface area (Å²) in [6.45, 7) is 0. The maximum Gasteiger partial charge on any atom is 0.153 e. The Morgan fingerprint density at radius 1 is 1.06 bits per heavy atom. The van der Waals surface area contributed by atoms with Crippen molar-refractivity contribution in [2.45, 2.75) is 0 Å². The normalized spacial score (nSPS) is 10.1. The molecule has 0 spiro atoms. The number of benzene rings is 1. The lowest BCUT2D eigenvalue weighted by Gasteiger charge is -2.08. The molecule has 0 amide bonds. The molecule has 0 fully saturated rings. The first-order chi connectivity index (χ1) is 7.65. The van der Waals surface area contributed by atoms with Crippen molar-refractivity contribution in [1.29, 1.82) is 0 Å². The average molecular weight is 343 g/mol. The molecule has 1 aromatic carbocycles. The zero-order chi connectivity index (χ0) is 11.5. The number of anilines is 3. The molecule has 0 bridgehead atoms. The standard InChI is InChI=1S/C11H9Br2N3/c12-7-1-3-9(4-2-7)16-11-10(14)5-8(13)6-15-11/h1-6H,14H2,(H,15,16). The third-order valence-electron chi connectivity index (χ3n) is 1.99. The van der Waals surface area contributed by atoms with Gasteiger partial charge in [0.05, 0.1) is 5.69 Å². The van der Waals surface area contributed by atoms with E-state index >= 15 is 0 Å². The van der Waals surface area contributed by atoms with Crippen molar-refractivity contribution in [3.63, 3.8) is 0 Å². The van der Waals surface area contributed by atoms with Crippen LogP contribution in [0.25, 0.3) is 0 Å². The smallest absolute Gasteiger partial charge is 0.153 e. The van der Waals surface area contributed by atoms with Gasteiger partial charge in [0.25, 0.3) is 0 Å². The Morgan fingerprint density at radius 2 is 1.75 bits per heavy atom. The molecule has 0 aliphatic rings. The first-order valence-corrected chi connectivity index (χ1v) is 6.17. The van der Waals surface area contributed by atoms with E-state index in [2.05, 4.69) is 42.2 Å². The fourth-order valence-electron chi connectivity index (χ4n) is 1.23. The number of pyridine rings is 1. The molecule has 5 heteroatoms. The van der Waals surface area contributed by atoms with Crippen molar-refractivity contribution in [2.24, 2.45) is 0 Å². The molecule has 2 rings (SSSR count). The second-order valence-electron chi connectivity index (χ2n) is 3.22. The van der Waals surface area contributed by atoms with Gasteiger partial charge in [-0.2, -0.15) is 0 Å². The van der Waals surface area contributed by atoms with E-state index in [1.54, 1.807) is 6.20 Å². The van der Waals surface area contributed by atoms with Crippen LogP contribution in [-0.4, -0.2) is 4.98 Å². The number of nitrogens with zero attached hydrogens (tertiary/aromatic N) is 1. The van der Waals surface area contributed by atoms with Crippen LogP contribution in [0.5, 0.6) is 0 Å². The van der Waals surface area contributed by atoms with Gasteiger partial charge in [0.1, 0.15) is 0 Å². The first kappa shape index (κ1) is 11.4. The Kier molecular flexibility index (Phi) is 3.46. The summed E-state index contributed by atoms with van der Waals surface area (Å²) in [5.41, 5.74) is 7.39. The van der Waals surface area contributed by atoms with E-state index in [-0.39, 0.29) is 0 Å². The van der Waals surface area contributed by atoms with Crippen LogP contribution in [0.2, 0.25) is 0 Å². The van der Waals surface area contributed by atoms with Gasteiger partial charge in [-0.3, -0.25) is 0 Å². The quantitative estimate of drug-likeness (QED) is 0.869. The van der Waals surface area contributed by atoms with Crippen LogP contribution in [0.3, 0.4) is 0 Å². The van der Waals surface area contributed by atoms with Gasteiger partial charge in [0.15, 0.2) is 5.82 Å². The molecule has 16 heavy (non-hydrogen) atoms. The van der Waals surface area contributed by atoms with Crippen molar-refractivity contribution in [3.05, 3.63) is 45.5 Å². The highest BCUT2D eigenvalue weighted by Crippen LogP contribution is 2.24. The van der Waals surface area contributed by atoms with Gasteiger partial charge in [-0.15, -0.1) is 0 Å². The number of halogens is 2. The fraction of sp³-hybridized carbons (Fsp3) is 0. The van der Waals surface area contributed by atoms with Crippen LogP contribution in [0.4, 0.5) is 17.2 Å². The molecule has 2 aromatic rings. The number of rotatable bonds is 2. The van der Waals surface area contributed by atoms with E-state index in [9.17, 15) is 0 Å². The second kappa shape index (κ2) is 4.84. The minimum atomic E-state index is 0.609. The minimum Gasteiger partial charge on any atom is -0.396 e. The summed E-state index contributed by atoms with van der Waals surface area (Å²) in [6, 6.07) is 9.63. The molecule has 0 saturated heterocycles. The topological polar surface area (TPSA) is 50.9 Å². The molecule has 0 saturated carbocycles. The van der Waals surface area contributed by atoms with E-state index in [0.29, 0.717) is 11.5 Å². The number of hydrogen-bond acceptors (Lipinski definition) is 3. The van der Waals surface area contributed by atoms with E-state index in [1.807, 2.05) is 30.3 Å². The van der Waals surface area contributed by atoms with Crippen LogP contribution in [0.1, 0.15) is 0 Å². The van der Waals surface area contributed by atoms with Crippen LogP contribution < -0.4 is 11.1 Å². The van der Waals surface area contributed by atoms with Gasteiger partial charge in [-0.1, -0.05) is 15.9 Å². The Hall–Kier alpha value is -1.07. The lowest BCUT2D eigenvalue weighted by atomic mass is 10.3. The Labute approximate surface area is 110 Å². The third-order valence-corrected chi connectivity index (χ3v) is 2.95. The maximum absolute atomic E-state index is 5.83. The summed E-state index contributed by atoms with van der Waals surface area (Å²) in [7, 11) is 0. The van der Waals surface area contributed by atoms with Gasteiger partial charge in [0, 0.05) is 20.8 Å². The summed E-state index contributed by atoms with van der Waals surface area (Å²) in [5.74, 6) is 0.658. The predicted molar refractivity (Wildman–Crippen MR) is 73.8 cm³/mol. The molecule has 1 heterocycles. The highest BCUT2D eigenvalue weighted by Gasteiger charge is 2.01. The fourth-order valence-corrected chi connectivity index (χ4v) is 1.84. The summed E-state index contributed by atoms with van der Waals surface area (Å²) in [5, 5.41) is 3.15. The highest BCUT2D eigenvalue weighted by atomic mass is 79.9. The number of nitrogens with one attached hydrogen (secondary N) is 1. The number of nitrogens with two attached hydrogens (primary N) is 1. The lowest BCUT2D eigenvalue weighted by molar-refractivity contribution is 1.29. The molecule has 0 atom stereocenters. The molecule has 0 radical (unpaired) electrons. The molecule has 0 aliphatic heterocycles. The van der Waals surface area contributed by atoms with E-state index in [4.69, 9.17) is 5.73 Å². The summed E-state index contributed by atoms with van der Waals surface area (Å²) in [6.07, 6.45) is 1.71. The summed E-state index contributed by atoms with van der Waals surface area (Å²) in [4.78, 5) is 4.20. The SMILES string of the molecule is Nc1cc(Br)cnc1Nc1ccc(Br)cc1. The molecule has 1 aromatic heterocycles. The average Bonchev–Trinajstić information content (AvgIpc) is 2.25. The number of hydrogen-bond donors (Lipinski definition) is 2. The number of aromatic nitrogens is 1. The van der Waals surface area contributed by atoms with E-state index in [0.717, 1.165) is 14.6 Å². The van der Waals surface area contributed by atoms with Crippen LogP contribution >= 0.6 is 31.9 Å². The maximum atomic E-state index is 5.83. The molecule has 82 valence electrons. The van der Waals surface area contributed by atoms with Crippen LogP contribution in [-0.2, 0) is 0 Å². The molecular weight excluding hydrogens is 334 g/mol. The number of nitrogen functional groups attached to an aromatic ring is 1. The Morgan fingerprint density at radius 3 is 2.38 bits per heavy atom. The summed E-state index contributed by atoms with van der Waals surface area (Å²) < 4.78 is 1.90.